The molecule has 0 aliphatic carbocycles. The minimum atomic E-state index is 0.885. The monoisotopic (exact) mass is 687 g/mol. The van der Waals surface area contributed by atoms with E-state index in [0.29, 0.717) is 0 Å². The van der Waals surface area contributed by atoms with E-state index in [1.807, 2.05) is 0 Å². The molecule has 1 heterocycles. The molecule has 0 spiro atoms. The van der Waals surface area contributed by atoms with Gasteiger partial charge in [0.25, 0.3) is 0 Å². The van der Waals surface area contributed by atoms with Gasteiger partial charge in [-0.15, -0.1) is 0 Å². The van der Waals surface area contributed by atoms with Gasteiger partial charge in [0.05, 0.1) is 0 Å². The standard InChI is InChI=1S/C52H33NO/c1-2-9-34(10-3-1)39-13-8-14-43(32-39)53(44-27-30-50-49(33-44)48-29-23-37-12-5-7-16-47(37)52(48)54-50)42-25-21-35(22-26-42)40-24-28-46-41(31-40)20-19-38-18-17-36-11-4-6-15-45(36)51(38)46/h1-33H. The zero-order valence-corrected chi connectivity index (χ0v) is 29.4. The summed E-state index contributed by atoms with van der Waals surface area (Å²) in [5, 5.41) is 12.2. The molecule has 54 heavy (non-hydrogen) atoms. The van der Waals surface area contributed by atoms with E-state index in [0.717, 1.165) is 44.4 Å². The van der Waals surface area contributed by atoms with Gasteiger partial charge < -0.3 is 9.32 Å². The predicted molar refractivity (Wildman–Crippen MR) is 229 cm³/mol. The summed E-state index contributed by atoms with van der Waals surface area (Å²) in [7, 11) is 0. The van der Waals surface area contributed by atoms with E-state index < -0.39 is 0 Å². The topological polar surface area (TPSA) is 16.4 Å². The number of fused-ring (bicyclic) bond motifs is 10. The summed E-state index contributed by atoms with van der Waals surface area (Å²) in [6.45, 7) is 0. The van der Waals surface area contributed by atoms with Crippen molar-refractivity contribution >= 4 is 82.1 Å². The second-order valence-corrected chi connectivity index (χ2v) is 14.1. The van der Waals surface area contributed by atoms with E-state index in [4.69, 9.17) is 4.42 Å². The average Bonchev–Trinajstić information content (AvgIpc) is 3.63. The molecule has 0 saturated carbocycles. The van der Waals surface area contributed by atoms with Crippen LogP contribution >= 0.6 is 0 Å². The summed E-state index contributed by atoms with van der Waals surface area (Å²) in [6, 6.07) is 72.3. The largest absolute Gasteiger partial charge is 0.455 e. The molecule has 11 rings (SSSR count). The maximum Gasteiger partial charge on any atom is 0.143 e. The van der Waals surface area contributed by atoms with Crippen LogP contribution in [0.4, 0.5) is 17.1 Å². The van der Waals surface area contributed by atoms with Crippen LogP contribution in [0, 0.1) is 0 Å². The second kappa shape index (κ2) is 12.2. The Labute approximate surface area is 312 Å². The minimum Gasteiger partial charge on any atom is -0.455 e. The maximum atomic E-state index is 6.51. The third kappa shape index (κ3) is 4.96. The highest BCUT2D eigenvalue weighted by molar-refractivity contribution is 6.20. The zero-order chi connectivity index (χ0) is 35.6. The number of rotatable bonds is 5. The molecule has 11 aromatic rings. The van der Waals surface area contributed by atoms with Crippen molar-refractivity contribution in [3.05, 3.63) is 200 Å². The lowest BCUT2D eigenvalue weighted by atomic mass is 9.94. The van der Waals surface area contributed by atoms with Gasteiger partial charge in [0, 0.05) is 33.2 Å². The third-order valence-electron chi connectivity index (χ3n) is 11.0. The van der Waals surface area contributed by atoms with E-state index in [2.05, 4.69) is 205 Å². The highest BCUT2D eigenvalue weighted by Gasteiger charge is 2.18. The number of nitrogens with zero attached hydrogens (tertiary/aromatic N) is 1. The molecule has 0 unspecified atom stereocenters. The summed E-state index contributed by atoms with van der Waals surface area (Å²) < 4.78 is 6.51. The zero-order valence-electron chi connectivity index (χ0n) is 29.4. The van der Waals surface area contributed by atoms with Gasteiger partial charge in [0.1, 0.15) is 11.2 Å². The maximum absolute atomic E-state index is 6.51. The Kier molecular flexibility index (Phi) is 6.90. The van der Waals surface area contributed by atoms with Gasteiger partial charge in [0.2, 0.25) is 0 Å². The Bertz CT molecular complexity index is 3210. The first-order valence-electron chi connectivity index (χ1n) is 18.5. The fraction of sp³-hybridized carbons (Fsp3) is 0. The molecule has 0 amide bonds. The molecule has 0 aliphatic rings. The van der Waals surface area contributed by atoms with E-state index in [-0.39, 0.29) is 0 Å². The van der Waals surface area contributed by atoms with Crippen molar-refractivity contribution in [2.75, 3.05) is 4.90 Å². The molecule has 1 aromatic heterocycles. The lowest BCUT2D eigenvalue weighted by Gasteiger charge is -2.26. The molecular weight excluding hydrogens is 655 g/mol. The highest BCUT2D eigenvalue weighted by Crippen LogP contribution is 2.42. The van der Waals surface area contributed by atoms with Crippen molar-refractivity contribution in [2.24, 2.45) is 0 Å². The van der Waals surface area contributed by atoms with Gasteiger partial charge in [-0.1, -0.05) is 146 Å². The van der Waals surface area contributed by atoms with Gasteiger partial charge in [-0.25, -0.2) is 0 Å². The van der Waals surface area contributed by atoms with Crippen molar-refractivity contribution in [1.82, 2.24) is 0 Å². The molecule has 0 N–H and O–H groups in total. The van der Waals surface area contributed by atoms with Crippen LogP contribution in [0.5, 0.6) is 0 Å². The molecule has 252 valence electrons. The van der Waals surface area contributed by atoms with E-state index in [1.54, 1.807) is 0 Å². The number of anilines is 3. The van der Waals surface area contributed by atoms with Crippen LogP contribution in [0.2, 0.25) is 0 Å². The fourth-order valence-corrected chi connectivity index (χ4v) is 8.35. The molecule has 0 saturated heterocycles. The van der Waals surface area contributed by atoms with Crippen molar-refractivity contribution in [2.45, 2.75) is 0 Å². The molecule has 2 heteroatoms. The van der Waals surface area contributed by atoms with Crippen molar-refractivity contribution in [1.29, 1.82) is 0 Å². The van der Waals surface area contributed by atoms with Crippen LogP contribution < -0.4 is 4.90 Å². The van der Waals surface area contributed by atoms with Crippen molar-refractivity contribution < 1.29 is 4.42 Å². The van der Waals surface area contributed by atoms with Crippen molar-refractivity contribution in [3.8, 4) is 22.3 Å². The normalized spacial score (nSPS) is 11.7. The number of benzene rings is 10. The van der Waals surface area contributed by atoms with Crippen LogP contribution in [-0.4, -0.2) is 0 Å². The Morgan fingerprint density at radius 2 is 0.870 bits per heavy atom. The van der Waals surface area contributed by atoms with Crippen LogP contribution in [0.15, 0.2) is 205 Å². The lowest BCUT2D eigenvalue weighted by Crippen LogP contribution is -2.10. The van der Waals surface area contributed by atoms with Gasteiger partial charge in [-0.2, -0.15) is 0 Å². The predicted octanol–water partition coefficient (Wildman–Crippen LogP) is 15.0. The average molecular weight is 688 g/mol. The fourth-order valence-electron chi connectivity index (χ4n) is 8.35. The summed E-state index contributed by atoms with van der Waals surface area (Å²) >= 11 is 0. The summed E-state index contributed by atoms with van der Waals surface area (Å²) in [6.07, 6.45) is 0. The van der Waals surface area contributed by atoms with Crippen LogP contribution in [0.1, 0.15) is 0 Å². The number of hydrogen-bond donors (Lipinski definition) is 0. The summed E-state index contributed by atoms with van der Waals surface area (Å²) in [5.41, 5.74) is 9.80. The van der Waals surface area contributed by atoms with Crippen LogP contribution in [0.25, 0.3) is 87.3 Å². The van der Waals surface area contributed by atoms with Gasteiger partial charge >= 0.3 is 0 Å². The molecule has 0 atom stereocenters. The smallest absolute Gasteiger partial charge is 0.143 e. The van der Waals surface area contributed by atoms with Gasteiger partial charge in [0.15, 0.2) is 0 Å². The van der Waals surface area contributed by atoms with E-state index >= 15 is 0 Å². The SMILES string of the molecule is c1ccc(-c2cccc(N(c3ccc(-c4ccc5c(ccc6ccc7ccccc7c65)c4)cc3)c3ccc4oc5c6ccccc6ccc5c4c3)c2)cc1. The van der Waals surface area contributed by atoms with Gasteiger partial charge in [-0.05, 0) is 115 Å². The lowest BCUT2D eigenvalue weighted by molar-refractivity contribution is 0.672. The molecule has 0 aliphatic heterocycles. The Morgan fingerprint density at radius 1 is 0.296 bits per heavy atom. The van der Waals surface area contributed by atoms with E-state index in [1.165, 1.54) is 60.0 Å². The highest BCUT2D eigenvalue weighted by atomic mass is 16.3. The first-order valence-corrected chi connectivity index (χ1v) is 18.5. The molecule has 10 aromatic carbocycles. The van der Waals surface area contributed by atoms with Crippen molar-refractivity contribution in [3.63, 3.8) is 0 Å². The van der Waals surface area contributed by atoms with E-state index in [9.17, 15) is 0 Å². The number of hydrogen-bond acceptors (Lipinski definition) is 2. The molecule has 0 bridgehead atoms. The Balaban J connectivity index is 1.04. The minimum absolute atomic E-state index is 0.885. The molecule has 2 nitrogen and oxygen atoms in total. The number of furan rings is 1. The second-order valence-electron chi connectivity index (χ2n) is 14.1. The van der Waals surface area contributed by atoms with Crippen LogP contribution in [0.3, 0.4) is 0 Å². The molecule has 0 radical (unpaired) electrons. The summed E-state index contributed by atoms with van der Waals surface area (Å²) in [4.78, 5) is 2.35. The van der Waals surface area contributed by atoms with Gasteiger partial charge in [-0.3, -0.25) is 0 Å². The summed E-state index contributed by atoms with van der Waals surface area (Å²) in [5.74, 6) is 0. The first-order chi connectivity index (χ1) is 26.7. The Morgan fingerprint density at radius 3 is 1.72 bits per heavy atom. The quantitative estimate of drug-likeness (QED) is 0.168. The molecular formula is C52H33NO. The third-order valence-corrected chi connectivity index (χ3v) is 11.0. The van der Waals surface area contributed by atoms with Crippen LogP contribution in [-0.2, 0) is 0 Å². The molecule has 0 fully saturated rings. The Hall–Kier alpha value is -7.16. The first kappa shape index (κ1) is 30.5.